The molecule has 2 rings (SSSR count). The summed E-state index contributed by atoms with van der Waals surface area (Å²) in [4.78, 5) is 13.0. The largest absolute Gasteiger partial charge is 0.396 e. The van der Waals surface area contributed by atoms with Gasteiger partial charge in [0.2, 0.25) is 0 Å². The Morgan fingerprint density at radius 2 is 2.46 bits per heavy atom. The molecule has 4 nitrogen and oxygen atoms in total. The maximum Gasteiger partial charge on any atom is 0.251 e. The third-order valence-corrected chi connectivity index (χ3v) is 3.29. The molecule has 2 unspecified atom stereocenters. The fourth-order valence-electron chi connectivity index (χ4n) is 2.27. The van der Waals surface area contributed by atoms with E-state index in [9.17, 15) is 4.79 Å². The highest BCUT2D eigenvalue weighted by Crippen LogP contribution is 2.57. The summed E-state index contributed by atoms with van der Waals surface area (Å²) in [6, 6.07) is 0. The van der Waals surface area contributed by atoms with Gasteiger partial charge in [-0.15, -0.1) is 0 Å². The first-order valence-electron chi connectivity index (χ1n) is 4.67. The highest BCUT2D eigenvalue weighted by Gasteiger charge is 2.60. The molecule has 0 aromatic carbocycles. The van der Waals surface area contributed by atoms with Gasteiger partial charge in [0, 0.05) is 18.5 Å². The minimum absolute atomic E-state index is 0.00937. The predicted octanol–water partition coefficient (Wildman–Crippen LogP) is -0.792. The number of hydrogen-bond donors (Lipinski definition) is 2. The number of carbonyl (C=O) groups is 1. The number of hydrogen-bond acceptors (Lipinski definition) is 3. The van der Waals surface area contributed by atoms with E-state index in [-0.39, 0.29) is 17.9 Å². The Labute approximate surface area is 77.2 Å². The summed E-state index contributed by atoms with van der Waals surface area (Å²) in [5.74, 6) is 0.264. The molecule has 1 saturated heterocycles. The van der Waals surface area contributed by atoms with Crippen LogP contribution in [0.3, 0.4) is 0 Å². The van der Waals surface area contributed by atoms with Gasteiger partial charge in [0.15, 0.2) is 0 Å². The van der Waals surface area contributed by atoms with Crippen LogP contribution in [0.15, 0.2) is 0 Å². The molecule has 1 aliphatic carbocycles. The van der Waals surface area contributed by atoms with Crippen LogP contribution in [0.2, 0.25) is 0 Å². The van der Waals surface area contributed by atoms with Gasteiger partial charge in [0.25, 0.3) is 5.91 Å². The van der Waals surface area contributed by atoms with Gasteiger partial charge >= 0.3 is 0 Å². The van der Waals surface area contributed by atoms with Crippen molar-refractivity contribution >= 4 is 5.91 Å². The van der Waals surface area contributed by atoms with Gasteiger partial charge in [0.1, 0.15) is 6.10 Å². The van der Waals surface area contributed by atoms with Crippen molar-refractivity contribution in [1.29, 1.82) is 0 Å². The summed E-state index contributed by atoms with van der Waals surface area (Å²) >= 11 is 0. The number of rotatable bonds is 2. The van der Waals surface area contributed by atoms with E-state index < -0.39 is 6.10 Å². The average molecular weight is 185 g/mol. The van der Waals surface area contributed by atoms with Crippen LogP contribution >= 0.6 is 0 Å². The number of carbonyl (C=O) groups excluding carboxylic acids is 1. The van der Waals surface area contributed by atoms with Gasteiger partial charge in [-0.05, 0) is 19.3 Å². The molecular formula is C9H15NO3. The molecule has 2 aliphatic rings. The number of piperidine rings is 1. The van der Waals surface area contributed by atoms with E-state index in [1.54, 1.807) is 4.90 Å². The van der Waals surface area contributed by atoms with Crippen LogP contribution < -0.4 is 0 Å². The van der Waals surface area contributed by atoms with E-state index in [0.717, 1.165) is 6.42 Å². The van der Waals surface area contributed by atoms with Crippen molar-refractivity contribution in [1.82, 2.24) is 4.90 Å². The van der Waals surface area contributed by atoms with E-state index in [4.69, 9.17) is 10.2 Å². The first kappa shape index (κ1) is 8.97. The van der Waals surface area contributed by atoms with Crippen LogP contribution in [0, 0.1) is 11.3 Å². The molecule has 1 amide bonds. The normalized spacial score (nSPS) is 38.7. The zero-order valence-electron chi connectivity index (χ0n) is 7.73. The Bertz CT molecular complexity index is 237. The lowest BCUT2D eigenvalue weighted by Gasteiger charge is -2.21. The van der Waals surface area contributed by atoms with Gasteiger partial charge in [-0.2, -0.15) is 0 Å². The summed E-state index contributed by atoms with van der Waals surface area (Å²) in [5.41, 5.74) is -0.00937. The molecule has 1 aliphatic heterocycles. The van der Waals surface area contributed by atoms with Crippen molar-refractivity contribution in [3.63, 3.8) is 0 Å². The topological polar surface area (TPSA) is 60.8 Å². The summed E-state index contributed by atoms with van der Waals surface area (Å²) in [6.45, 7) is 2.99. The Hall–Kier alpha value is -0.610. The van der Waals surface area contributed by atoms with Crippen LogP contribution in [0.25, 0.3) is 0 Å². The minimum atomic E-state index is -0.909. The quantitative estimate of drug-likeness (QED) is 0.592. The second kappa shape index (κ2) is 2.69. The number of amides is 1. The Balaban J connectivity index is 1.97. The van der Waals surface area contributed by atoms with Crippen molar-refractivity contribution in [3.05, 3.63) is 0 Å². The van der Waals surface area contributed by atoms with Crippen LogP contribution in [-0.2, 0) is 4.79 Å². The highest BCUT2D eigenvalue weighted by atomic mass is 16.3. The second-order valence-electron chi connectivity index (χ2n) is 4.32. The number of aliphatic hydroxyl groups is 2. The first-order chi connectivity index (χ1) is 6.09. The molecule has 3 atom stereocenters. The van der Waals surface area contributed by atoms with Crippen molar-refractivity contribution in [2.45, 2.75) is 19.4 Å². The molecule has 0 spiro atoms. The third kappa shape index (κ3) is 1.25. The van der Waals surface area contributed by atoms with E-state index in [0.29, 0.717) is 19.0 Å². The van der Waals surface area contributed by atoms with Gasteiger partial charge in [-0.1, -0.05) is 0 Å². The van der Waals surface area contributed by atoms with E-state index in [1.807, 2.05) is 0 Å². The lowest BCUT2D eigenvalue weighted by molar-refractivity contribution is -0.139. The molecule has 13 heavy (non-hydrogen) atoms. The maximum atomic E-state index is 11.4. The zero-order valence-corrected chi connectivity index (χ0v) is 7.73. The second-order valence-corrected chi connectivity index (χ2v) is 4.32. The molecule has 1 saturated carbocycles. The lowest BCUT2D eigenvalue weighted by atomic mass is 10.1. The summed E-state index contributed by atoms with van der Waals surface area (Å²) in [7, 11) is 0. The van der Waals surface area contributed by atoms with Gasteiger partial charge in [-0.3, -0.25) is 4.79 Å². The van der Waals surface area contributed by atoms with E-state index >= 15 is 0 Å². The zero-order chi connectivity index (χ0) is 9.64. The fraction of sp³-hybridized carbons (Fsp3) is 0.889. The molecule has 0 radical (unpaired) electrons. The van der Waals surface area contributed by atoms with Crippen molar-refractivity contribution in [2.24, 2.45) is 11.3 Å². The fourth-order valence-corrected chi connectivity index (χ4v) is 2.27. The smallest absolute Gasteiger partial charge is 0.251 e. The Morgan fingerprint density at radius 3 is 2.92 bits per heavy atom. The monoisotopic (exact) mass is 185 g/mol. The summed E-state index contributed by atoms with van der Waals surface area (Å²) in [5, 5.41) is 18.2. The molecule has 0 aromatic heterocycles. The first-order valence-corrected chi connectivity index (χ1v) is 4.67. The average Bonchev–Trinajstić information content (AvgIpc) is 2.68. The summed E-state index contributed by atoms with van der Waals surface area (Å²) in [6.07, 6.45) is 0.126. The van der Waals surface area contributed by atoms with Crippen LogP contribution in [0.1, 0.15) is 13.3 Å². The lowest BCUT2D eigenvalue weighted by Crippen LogP contribution is -2.38. The standard InChI is InChI=1S/C9H15NO3/c1-6(12)8(13)10-3-7-2-9(7,4-10)5-11/h6-7,11-12H,2-5H2,1H3/t6-,7?,9?/m1/s1. The molecule has 4 heteroatoms. The minimum Gasteiger partial charge on any atom is -0.396 e. The Morgan fingerprint density at radius 1 is 1.77 bits per heavy atom. The third-order valence-electron chi connectivity index (χ3n) is 3.29. The van der Waals surface area contributed by atoms with Crippen LogP contribution in [0.4, 0.5) is 0 Å². The van der Waals surface area contributed by atoms with E-state index in [2.05, 4.69) is 0 Å². The van der Waals surface area contributed by atoms with Gasteiger partial charge in [0.05, 0.1) is 6.61 Å². The SMILES string of the molecule is C[C@@H](O)C(=O)N1CC2CC2(CO)C1. The number of likely N-dealkylation sites (tertiary alicyclic amines) is 1. The number of fused-ring (bicyclic) bond motifs is 1. The van der Waals surface area contributed by atoms with Crippen molar-refractivity contribution < 1.29 is 15.0 Å². The molecule has 2 N–H and O–H groups in total. The van der Waals surface area contributed by atoms with E-state index in [1.165, 1.54) is 6.92 Å². The molecule has 0 bridgehead atoms. The highest BCUT2D eigenvalue weighted by molar-refractivity contribution is 5.80. The molecular weight excluding hydrogens is 170 g/mol. The van der Waals surface area contributed by atoms with Gasteiger partial charge < -0.3 is 15.1 Å². The van der Waals surface area contributed by atoms with Crippen molar-refractivity contribution in [3.8, 4) is 0 Å². The predicted molar refractivity (Wildman–Crippen MR) is 45.9 cm³/mol. The molecule has 1 heterocycles. The van der Waals surface area contributed by atoms with Crippen LogP contribution in [-0.4, -0.2) is 46.8 Å². The van der Waals surface area contributed by atoms with Crippen LogP contribution in [0.5, 0.6) is 0 Å². The molecule has 0 aromatic rings. The molecule has 74 valence electrons. The van der Waals surface area contributed by atoms with Gasteiger partial charge in [-0.25, -0.2) is 0 Å². The number of nitrogens with zero attached hydrogens (tertiary/aromatic N) is 1. The maximum absolute atomic E-state index is 11.4. The van der Waals surface area contributed by atoms with Crippen molar-refractivity contribution in [2.75, 3.05) is 19.7 Å². The number of aliphatic hydroxyl groups excluding tert-OH is 2. The molecule has 2 fully saturated rings. The summed E-state index contributed by atoms with van der Waals surface area (Å²) < 4.78 is 0. The Kier molecular flexibility index (Phi) is 1.85.